The molecule has 0 aliphatic carbocycles. The lowest BCUT2D eigenvalue weighted by molar-refractivity contribution is 0.0531. The van der Waals surface area contributed by atoms with Gasteiger partial charge in [-0.2, -0.15) is 5.10 Å². The van der Waals surface area contributed by atoms with E-state index in [2.05, 4.69) is 10.2 Å². The zero-order chi connectivity index (χ0) is 18.8. The Balaban J connectivity index is 1.67. The quantitative estimate of drug-likeness (QED) is 0.881. The number of benzene rings is 1. The van der Waals surface area contributed by atoms with Crippen LogP contribution in [0.25, 0.3) is 0 Å². The molecular weight excluding hydrogens is 332 g/mol. The number of aryl methyl sites for hydroxylation is 3. The zero-order valence-electron chi connectivity index (χ0n) is 15.2. The fourth-order valence-corrected chi connectivity index (χ4v) is 3.10. The van der Waals surface area contributed by atoms with Crippen molar-refractivity contribution in [1.82, 2.24) is 20.0 Å². The fourth-order valence-electron chi connectivity index (χ4n) is 3.10. The number of nitrogens with one attached hydrogen (secondary N) is 1. The largest absolute Gasteiger partial charge is 0.335 e. The van der Waals surface area contributed by atoms with Crippen LogP contribution in [0.3, 0.4) is 0 Å². The first-order chi connectivity index (χ1) is 12.4. The van der Waals surface area contributed by atoms with E-state index in [0.29, 0.717) is 26.2 Å². The van der Waals surface area contributed by atoms with Crippen molar-refractivity contribution in [3.63, 3.8) is 0 Å². The molecule has 1 N–H and O–H groups in total. The van der Waals surface area contributed by atoms with Crippen molar-refractivity contribution < 1.29 is 9.59 Å². The number of carbonyl (C=O) groups excluding carboxylic acids is 2. The average molecular weight is 354 g/mol. The van der Waals surface area contributed by atoms with Crippen LogP contribution >= 0.6 is 0 Å². The number of aromatic amines is 1. The molecule has 1 saturated heterocycles. The number of hydrogen-bond donors (Lipinski definition) is 1. The lowest BCUT2D eigenvalue weighted by atomic mass is 10.00. The van der Waals surface area contributed by atoms with Crippen molar-refractivity contribution >= 4 is 11.8 Å². The summed E-state index contributed by atoms with van der Waals surface area (Å²) in [6.45, 7) is 7.80. The summed E-state index contributed by atoms with van der Waals surface area (Å²) in [5.41, 5.74) is 3.80. The maximum absolute atomic E-state index is 12.8. The highest BCUT2D eigenvalue weighted by Gasteiger charge is 2.27. The standard InChI is InChI=1S/C19H22N4O3/c1-12-10-14(3)15(11-13(12)2)18(25)22-6-8-23(9-7-22)19(26)16-4-5-17(24)21-20-16/h4-5,10-11H,6-9H2,1-3H3,(H,21,24). The molecule has 3 rings (SSSR count). The number of nitrogens with zero attached hydrogens (tertiary/aromatic N) is 3. The second kappa shape index (κ2) is 7.11. The summed E-state index contributed by atoms with van der Waals surface area (Å²) < 4.78 is 0. The molecule has 2 heterocycles. The van der Waals surface area contributed by atoms with Crippen LogP contribution in [0.4, 0.5) is 0 Å². The Bertz CT molecular complexity index is 891. The van der Waals surface area contributed by atoms with Crippen molar-refractivity contribution in [2.24, 2.45) is 0 Å². The molecule has 1 aromatic carbocycles. The SMILES string of the molecule is Cc1cc(C)c(C(=O)N2CCN(C(=O)c3ccc(=O)[nH]n3)CC2)cc1C. The minimum atomic E-state index is -0.347. The van der Waals surface area contributed by atoms with E-state index in [9.17, 15) is 14.4 Å². The lowest BCUT2D eigenvalue weighted by Crippen LogP contribution is -2.51. The summed E-state index contributed by atoms with van der Waals surface area (Å²) in [5.74, 6) is -0.240. The van der Waals surface area contributed by atoms with Crippen molar-refractivity contribution in [3.05, 3.63) is 62.6 Å². The minimum absolute atomic E-state index is 0.000125. The van der Waals surface area contributed by atoms with E-state index in [1.165, 1.54) is 17.7 Å². The van der Waals surface area contributed by atoms with E-state index in [-0.39, 0.29) is 23.1 Å². The van der Waals surface area contributed by atoms with E-state index in [0.717, 1.165) is 16.7 Å². The van der Waals surface area contributed by atoms with Crippen molar-refractivity contribution in [2.45, 2.75) is 20.8 Å². The predicted molar refractivity (Wildman–Crippen MR) is 97.3 cm³/mol. The highest BCUT2D eigenvalue weighted by atomic mass is 16.2. The van der Waals surface area contributed by atoms with Gasteiger partial charge in [0, 0.05) is 37.8 Å². The average Bonchev–Trinajstić information content (AvgIpc) is 2.64. The molecular formula is C19H22N4O3. The third-order valence-electron chi connectivity index (χ3n) is 4.82. The van der Waals surface area contributed by atoms with E-state index >= 15 is 0 Å². The van der Waals surface area contributed by atoms with Gasteiger partial charge in [-0.15, -0.1) is 0 Å². The molecule has 0 radical (unpaired) electrons. The molecule has 26 heavy (non-hydrogen) atoms. The molecule has 0 spiro atoms. The van der Waals surface area contributed by atoms with Crippen LogP contribution in [0.2, 0.25) is 0 Å². The first kappa shape index (κ1) is 17.8. The Morgan fingerprint density at radius 1 is 0.885 bits per heavy atom. The molecule has 1 aromatic heterocycles. The number of carbonyl (C=O) groups is 2. The molecule has 136 valence electrons. The van der Waals surface area contributed by atoms with Gasteiger partial charge in [0.2, 0.25) is 0 Å². The van der Waals surface area contributed by atoms with Crippen LogP contribution in [-0.2, 0) is 0 Å². The van der Waals surface area contributed by atoms with Gasteiger partial charge in [0.05, 0.1) is 0 Å². The minimum Gasteiger partial charge on any atom is -0.335 e. The second-order valence-corrected chi connectivity index (χ2v) is 6.64. The summed E-state index contributed by atoms with van der Waals surface area (Å²) in [7, 11) is 0. The smallest absolute Gasteiger partial charge is 0.274 e. The van der Waals surface area contributed by atoms with Crippen LogP contribution in [0.1, 0.15) is 37.5 Å². The molecule has 1 aliphatic heterocycles. The third kappa shape index (κ3) is 3.51. The number of piperazine rings is 1. The Morgan fingerprint density at radius 3 is 2.04 bits per heavy atom. The molecule has 0 saturated carbocycles. The summed E-state index contributed by atoms with van der Waals surface area (Å²) in [6, 6.07) is 6.67. The van der Waals surface area contributed by atoms with E-state index in [1.807, 2.05) is 32.9 Å². The molecule has 2 amide bonds. The van der Waals surface area contributed by atoms with Crippen LogP contribution in [-0.4, -0.2) is 58.0 Å². The second-order valence-electron chi connectivity index (χ2n) is 6.64. The van der Waals surface area contributed by atoms with E-state index in [1.54, 1.807) is 9.80 Å². The topological polar surface area (TPSA) is 86.4 Å². The van der Waals surface area contributed by atoms with Crippen LogP contribution in [0, 0.1) is 20.8 Å². The van der Waals surface area contributed by atoms with Gasteiger partial charge in [-0.1, -0.05) is 6.07 Å². The van der Waals surface area contributed by atoms with E-state index < -0.39 is 0 Å². The lowest BCUT2D eigenvalue weighted by Gasteiger charge is -2.35. The Kier molecular flexibility index (Phi) is 4.88. The monoisotopic (exact) mass is 354 g/mol. The molecule has 1 fully saturated rings. The molecule has 0 bridgehead atoms. The van der Waals surface area contributed by atoms with Gasteiger partial charge in [-0.3, -0.25) is 14.4 Å². The van der Waals surface area contributed by atoms with Crippen molar-refractivity contribution in [2.75, 3.05) is 26.2 Å². The summed E-state index contributed by atoms with van der Waals surface area (Å²) >= 11 is 0. The molecule has 0 atom stereocenters. The van der Waals surface area contributed by atoms with Gasteiger partial charge in [0.1, 0.15) is 5.69 Å². The highest BCUT2D eigenvalue weighted by Crippen LogP contribution is 2.18. The summed E-state index contributed by atoms with van der Waals surface area (Å²) in [4.78, 5) is 39.8. The van der Waals surface area contributed by atoms with Crippen LogP contribution in [0.5, 0.6) is 0 Å². The van der Waals surface area contributed by atoms with Gasteiger partial charge in [0.25, 0.3) is 17.4 Å². The molecule has 0 unspecified atom stereocenters. The predicted octanol–water partition coefficient (Wildman–Crippen LogP) is 1.29. The molecule has 2 aromatic rings. The number of amides is 2. The van der Waals surface area contributed by atoms with Gasteiger partial charge in [0.15, 0.2) is 0 Å². The zero-order valence-corrected chi connectivity index (χ0v) is 15.2. The molecule has 1 aliphatic rings. The van der Waals surface area contributed by atoms with Crippen LogP contribution < -0.4 is 5.56 Å². The van der Waals surface area contributed by atoms with Crippen molar-refractivity contribution in [3.8, 4) is 0 Å². The van der Waals surface area contributed by atoms with Gasteiger partial charge in [-0.25, -0.2) is 5.10 Å². The normalized spacial score (nSPS) is 14.4. The molecule has 7 nitrogen and oxygen atoms in total. The third-order valence-corrected chi connectivity index (χ3v) is 4.82. The number of H-pyrrole nitrogens is 1. The number of hydrogen-bond acceptors (Lipinski definition) is 4. The fraction of sp³-hybridized carbons (Fsp3) is 0.368. The van der Waals surface area contributed by atoms with Gasteiger partial charge < -0.3 is 9.80 Å². The highest BCUT2D eigenvalue weighted by molar-refractivity contribution is 5.96. The van der Waals surface area contributed by atoms with Gasteiger partial charge >= 0.3 is 0 Å². The summed E-state index contributed by atoms with van der Waals surface area (Å²) in [5, 5.41) is 6.04. The van der Waals surface area contributed by atoms with Gasteiger partial charge in [-0.05, 0) is 49.6 Å². The number of aromatic nitrogens is 2. The summed E-state index contributed by atoms with van der Waals surface area (Å²) in [6.07, 6.45) is 0. The Hall–Kier alpha value is -2.96. The Labute approximate surface area is 151 Å². The molecule has 7 heteroatoms. The Morgan fingerprint density at radius 2 is 1.46 bits per heavy atom. The maximum Gasteiger partial charge on any atom is 0.274 e. The first-order valence-electron chi connectivity index (χ1n) is 8.59. The first-order valence-corrected chi connectivity index (χ1v) is 8.59. The van der Waals surface area contributed by atoms with Crippen LogP contribution in [0.15, 0.2) is 29.1 Å². The van der Waals surface area contributed by atoms with Crippen molar-refractivity contribution in [1.29, 1.82) is 0 Å². The maximum atomic E-state index is 12.8. The number of rotatable bonds is 2. The van der Waals surface area contributed by atoms with E-state index in [4.69, 9.17) is 0 Å².